The molecule has 4 aliphatic heterocycles. The number of hydrogen-bond acceptors (Lipinski definition) is 7. The van der Waals surface area contributed by atoms with Crippen molar-refractivity contribution in [1.29, 1.82) is 0 Å². The van der Waals surface area contributed by atoms with Gasteiger partial charge >= 0.3 is 0 Å². The van der Waals surface area contributed by atoms with Crippen molar-refractivity contribution in [2.45, 2.75) is 64.5 Å². The number of carbonyl (C=O) groups is 4. The zero-order valence-corrected chi connectivity index (χ0v) is 28.9. The number of carbonyl (C=O) groups excluding carboxylic acids is 4. The maximum absolute atomic E-state index is 12.8. The highest BCUT2D eigenvalue weighted by molar-refractivity contribution is 6.64. The summed E-state index contributed by atoms with van der Waals surface area (Å²) in [6, 6.07) is 15.7. The fraction of sp³-hybridized carbons (Fsp3) is 0.471. The number of likely N-dealkylation sites (tertiary alicyclic amines) is 2. The Bertz CT molecular complexity index is 1410. The predicted molar refractivity (Wildman–Crippen MR) is 185 cm³/mol. The Morgan fingerprint density at radius 2 is 1.19 bits per heavy atom. The molecule has 47 heavy (non-hydrogen) atoms. The van der Waals surface area contributed by atoms with Crippen LogP contribution in [0.3, 0.4) is 0 Å². The summed E-state index contributed by atoms with van der Waals surface area (Å²) in [5.74, 6) is 0.115. The first kappa shape index (κ1) is 36.4. The van der Waals surface area contributed by atoms with Gasteiger partial charge in [-0.3, -0.25) is 19.2 Å². The summed E-state index contributed by atoms with van der Waals surface area (Å²) < 4.78 is 0. The molecule has 0 aliphatic carbocycles. The number of hydrazone groups is 2. The van der Waals surface area contributed by atoms with Gasteiger partial charge in [0.2, 0.25) is 23.0 Å². The summed E-state index contributed by atoms with van der Waals surface area (Å²) in [7, 11) is 0. The summed E-state index contributed by atoms with van der Waals surface area (Å²) in [6.45, 7) is 5.74. The first-order chi connectivity index (χ1) is 22.5. The van der Waals surface area contributed by atoms with E-state index >= 15 is 0 Å². The van der Waals surface area contributed by atoms with Crippen molar-refractivity contribution in [3.8, 4) is 0 Å². The average molecular weight is 704 g/mol. The number of nitrogens with one attached hydrogen (secondary N) is 1. The van der Waals surface area contributed by atoms with Crippen LogP contribution in [0.2, 0.25) is 10.0 Å². The zero-order valence-electron chi connectivity index (χ0n) is 26.7. The standard InChI is InChI=1S/C17H20ClN3O2.C9H9ClN2.C8H12ClNO2/c1-12(22)20-10-7-14(8-11-20)17(23)21-16(6-9-19-21)13-2-4-15(18)5-3-13;10-8-3-1-7(2-4-8)9-5-6-11-12-9;1-6(11)10-4-2-7(3-5-10)8(9)12/h2-5,9,14,16H,6-8,10-11H2,1H3;1-4,6,9,12H,5H2;7H,2-5H2,1H3. The van der Waals surface area contributed by atoms with E-state index in [1.54, 1.807) is 34.9 Å². The molecule has 0 aromatic heterocycles. The van der Waals surface area contributed by atoms with Crippen molar-refractivity contribution in [1.82, 2.24) is 20.2 Å². The number of benzene rings is 2. The van der Waals surface area contributed by atoms with Crippen molar-refractivity contribution in [3.05, 3.63) is 69.7 Å². The monoisotopic (exact) mass is 702 g/mol. The summed E-state index contributed by atoms with van der Waals surface area (Å²) >= 11 is 17.0. The molecule has 0 radical (unpaired) electrons. The topological polar surface area (TPSA) is 115 Å². The number of rotatable bonds is 4. The number of amides is 3. The van der Waals surface area contributed by atoms with E-state index in [1.165, 1.54) is 5.56 Å². The Morgan fingerprint density at radius 1 is 0.702 bits per heavy atom. The lowest BCUT2D eigenvalue weighted by Gasteiger charge is -2.33. The predicted octanol–water partition coefficient (Wildman–Crippen LogP) is 6.23. The molecule has 2 atom stereocenters. The number of piperidine rings is 2. The Morgan fingerprint density at radius 3 is 1.64 bits per heavy atom. The quantitative estimate of drug-likeness (QED) is 0.380. The van der Waals surface area contributed by atoms with E-state index in [-0.39, 0.29) is 40.8 Å². The molecular weight excluding hydrogens is 663 g/mol. The summed E-state index contributed by atoms with van der Waals surface area (Å²) in [6.07, 6.45) is 8.20. The molecular formula is C34H41Cl3N6O4. The molecule has 2 fully saturated rings. The fourth-order valence-electron chi connectivity index (χ4n) is 5.90. The molecule has 2 unspecified atom stereocenters. The SMILES string of the molecule is CC(=O)N1CCC(C(=O)Cl)CC1.CC(=O)N1CCC(C(=O)N2N=CCC2c2ccc(Cl)cc2)CC1.Clc1ccc(C2CC=NN2)cc1. The van der Waals surface area contributed by atoms with Crippen LogP contribution >= 0.6 is 34.8 Å². The molecule has 13 heteroatoms. The van der Waals surface area contributed by atoms with Gasteiger partial charge in [0.1, 0.15) is 0 Å². The van der Waals surface area contributed by atoms with E-state index in [4.69, 9.17) is 34.8 Å². The third kappa shape index (κ3) is 10.5. The Hall–Kier alpha value is -3.47. The minimum Gasteiger partial charge on any atom is -0.343 e. The van der Waals surface area contributed by atoms with Crippen LogP contribution in [0.5, 0.6) is 0 Å². The fourth-order valence-corrected chi connectivity index (χ4v) is 6.37. The third-order valence-electron chi connectivity index (χ3n) is 8.80. The van der Waals surface area contributed by atoms with Gasteiger partial charge in [-0.15, -0.1) is 0 Å². The second kappa shape index (κ2) is 17.6. The van der Waals surface area contributed by atoms with E-state index in [0.29, 0.717) is 62.9 Å². The Labute approximate surface area is 291 Å². The molecule has 2 aromatic rings. The minimum atomic E-state index is -0.266. The average Bonchev–Trinajstić information content (AvgIpc) is 3.79. The summed E-state index contributed by atoms with van der Waals surface area (Å²) in [5, 5.41) is 11.0. The molecule has 2 aromatic carbocycles. The van der Waals surface area contributed by atoms with Crippen molar-refractivity contribution >= 4 is 70.2 Å². The largest absolute Gasteiger partial charge is 0.343 e. The maximum Gasteiger partial charge on any atom is 0.246 e. The van der Waals surface area contributed by atoms with Gasteiger partial charge in [-0.05, 0) is 72.7 Å². The van der Waals surface area contributed by atoms with E-state index in [0.717, 1.165) is 23.4 Å². The molecule has 1 N–H and O–H groups in total. The summed E-state index contributed by atoms with van der Waals surface area (Å²) in [4.78, 5) is 49.4. The number of hydrogen-bond donors (Lipinski definition) is 1. The first-order valence-electron chi connectivity index (χ1n) is 15.9. The molecule has 4 aliphatic rings. The van der Waals surface area contributed by atoms with Crippen molar-refractivity contribution in [2.75, 3.05) is 26.2 Å². The van der Waals surface area contributed by atoms with Gasteiger partial charge in [-0.1, -0.05) is 47.5 Å². The highest BCUT2D eigenvalue weighted by Crippen LogP contribution is 2.32. The van der Waals surface area contributed by atoms with Crippen LogP contribution in [-0.2, 0) is 19.2 Å². The minimum absolute atomic E-state index is 0.0396. The highest BCUT2D eigenvalue weighted by Gasteiger charge is 2.35. The van der Waals surface area contributed by atoms with Crippen molar-refractivity contribution < 1.29 is 19.2 Å². The molecule has 3 amide bonds. The molecule has 252 valence electrons. The lowest BCUT2D eigenvalue weighted by Crippen LogP contribution is -2.42. The van der Waals surface area contributed by atoms with E-state index in [9.17, 15) is 19.2 Å². The van der Waals surface area contributed by atoms with Gasteiger partial charge in [0.05, 0.1) is 12.1 Å². The third-order valence-corrected chi connectivity index (χ3v) is 9.61. The van der Waals surface area contributed by atoms with Gasteiger partial charge in [0.25, 0.3) is 0 Å². The molecule has 4 heterocycles. The zero-order chi connectivity index (χ0) is 33.9. The lowest BCUT2D eigenvalue weighted by molar-refractivity contribution is -0.141. The van der Waals surface area contributed by atoms with E-state index in [1.807, 2.05) is 54.7 Å². The lowest BCUT2D eigenvalue weighted by atomic mass is 9.94. The van der Waals surface area contributed by atoms with Crippen LogP contribution in [-0.4, -0.2) is 76.4 Å². The maximum atomic E-state index is 12.8. The Kier molecular flexibility index (Phi) is 13.6. The van der Waals surface area contributed by atoms with Crippen LogP contribution in [0.4, 0.5) is 0 Å². The Balaban J connectivity index is 0.000000176. The summed E-state index contributed by atoms with van der Waals surface area (Å²) in [5.41, 5.74) is 5.29. The molecule has 0 saturated carbocycles. The van der Waals surface area contributed by atoms with Gasteiger partial charge in [-0.25, -0.2) is 5.01 Å². The number of nitrogens with zero attached hydrogens (tertiary/aromatic N) is 5. The van der Waals surface area contributed by atoms with Crippen molar-refractivity contribution in [2.24, 2.45) is 22.0 Å². The van der Waals surface area contributed by atoms with Crippen LogP contribution in [0, 0.1) is 11.8 Å². The number of halogens is 3. The highest BCUT2D eigenvalue weighted by atomic mass is 35.5. The smallest absolute Gasteiger partial charge is 0.246 e. The van der Waals surface area contributed by atoms with Gasteiger partial charge in [0, 0.05) is 87.2 Å². The molecule has 10 nitrogen and oxygen atoms in total. The molecule has 0 spiro atoms. The molecule has 2 saturated heterocycles. The van der Waals surface area contributed by atoms with Gasteiger partial charge in [-0.2, -0.15) is 10.2 Å². The molecule has 0 bridgehead atoms. The van der Waals surface area contributed by atoms with Gasteiger partial charge < -0.3 is 15.2 Å². The normalized spacial score (nSPS) is 20.9. The van der Waals surface area contributed by atoms with Crippen LogP contribution in [0.15, 0.2) is 58.7 Å². The second-order valence-electron chi connectivity index (χ2n) is 11.9. The second-order valence-corrected chi connectivity index (χ2v) is 13.2. The van der Waals surface area contributed by atoms with Crippen molar-refractivity contribution in [3.63, 3.8) is 0 Å². The van der Waals surface area contributed by atoms with Gasteiger partial charge in [0.15, 0.2) is 0 Å². The molecule has 6 rings (SSSR count). The van der Waals surface area contributed by atoms with E-state index in [2.05, 4.69) is 15.6 Å². The van der Waals surface area contributed by atoms with Crippen LogP contribution in [0.1, 0.15) is 75.6 Å². The first-order valence-corrected chi connectivity index (χ1v) is 17.0. The van der Waals surface area contributed by atoms with E-state index < -0.39 is 0 Å². The van der Waals surface area contributed by atoms with Crippen LogP contribution < -0.4 is 5.43 Å². The van der Waals surface area contributed by atoms with Crippen LogP contribution in [0.25, 0.3) is 0 Å².